The minimum atomic E-state index is 0.344. The highest BCUT2D eigenvalue weighted by Gasteiger charge is 2.22. The molecule has 0 aliphatic carbocycles. The summed E-state index contributed by atoms with van der Waals surface area (Å²) in [6.45, 7) is 9.49. The van der Waals surface area contributed by atoms with Crippen LogP contribution in [0.2, 0.25) is 0 Å². The molecule has 0 radical (unpaired) electrons. The van der Waals surface area contributed by atoms with Gasteiger partial charge >= 0.3 is 0 Å². The lowest BCUT2D eigenvalue weighted by atomic mass is 9.95. The molecule has 0 unspecified atom stereocenters. The van der Waals surface area contributed by atoms with Crippen LogP contribution >= 0.6 is 0 Å². The quantitative estimate of drug-likeness (QED) is 0.855. The van der Waals surface area contributed by atoms with Gasteiger partial charge in [0, 0.05) is 37.7 Å². The van der Waals surface area contributed by atoms with Crippen LogP contribution in [-0.2, 0) is 6.54 Å². The lowest BCUT2D eigenvalue weighted by Gasteiger charge is -2.29. The Balaban J connectivity index is 1.62. The van der Waals surface area contributed by atoms with E-state index in [1.54, 1.807) is 7.11 Å². The highest BCUT2D eigenvalue weighted by molar-refractivity contribution is 5.38. The van der Waals surface area contributed by atoms with Crippen molar-refractivity contribution in [3.8, 4) is 5.75 Å². The summed E-state index contributed by atoms with van der Waals surface area (Å²) in [5.74, 6) is 3.10. The molecule has 2 N–H and O–H groups in total. The molecule has 1 aromatic heterocycles. The molecule has 24 heavy (non-hydrogen) atoms. The van der Waals surface area contributed by atoms with E-state index >= 15 is 0 Å². The third-order valence-electron chi connectivity index (χ3n) is 4.67. The van der Waals surface area contributed by atoms with Crippen molar-refractivity contribution in [2.75, 3.05) is 25.5 Å². The fourth-order valence-electron chi connectivity index (χ4n) is 3.37. The zero-order chi connectivity index (χ0) is 17.1. The first-order valence-corrected chi connectivity index (χ1v) is 8.72. The van der Waals surface area contributed by atoms with Crippen LogP contribution < -0.4 is 15.4 Å². The number of nitrogens with one attached hydrogen (secondary N) is 2. The number of rotatable bonds is 6. The average molecular weight is 328 g/mol. The highest BCUT2D eigenvalue weighted by Crippen LogP contribution is 2.25. The number of hydrogen-bond acceptors (Lipinski definition) is 4. The zero-order valence-electron chi connectivity index (χ0n) is 15.0. The van der Waals surface area contributed by atoms with Gasteiger partial charge in [-0.1, -0.05) is 26.0 Å². The molecule has 1 aliphatic heterocycles. The zero-order valence-corrected chi connectivity index (χ0v) is 15.0. The SMILES string of the molecule is COc1ccc([C@@H](NC[C@H]2CNc3cc(C)nn3C2)C(C)C)cc1. The molecular formula is C19H28N4O. The van der Waals surface area contributed by atoms with E-state index in [1.807, 2.05) is 19.1 Å². The van der Waals surface area contributed by atoms with Crippen molar-refractivity contribution in [3.05, 3.63) is 41.6 Å². The Morgan fingerprint density at radius 3 is 2.75 bits per heavy atom. The van der Waals surface area contributed by atoms with Crippen molar-refractivity contribution < 1.29 is 4.74 Å². The Bertz CT molecular complexity index is 663. The minimum absolute atomic E-state index is 0.344. The number of aryl methyl sites for hydroxylation is 1. The van der Waals surface area contributed by atoms with Gasteiger partial charge in [0.2, 0.25) is 0 Å². The monoisotopic (exact) mass is 328 g/mol. The van der Waals surface area contributed by atoms with Gasteiger partial charge in [-0.15, -0.1) is 0 Å². The van der Waals surface area contributed by atoms with E-state index < -0.39 is 0 Å². The fraction of sp³-hybridized carbons (Fsp3) is 0.526. The van der Waals surface area contributed by atoms with Gasteiger partial charge in [-0.05, 0) is 30.5 Å². The van der Waals surface area contributed by atoms with Crippen LogP contribution in [0.3, 0.4) is 0 Å². The number of methoxy groups -OCH3 is 1. The van der Waals surface area contributed by atoms with Crippen molar-refractivity contribution in [3.63, 3.8) is 0 Å². The average Bonchev–Trinajstić information content (AvgIpc) is 2.94. The van der Waals surface area contributed by atoms with Crippen LogP contribution in [0.5, 0.6) is 5.75 Å². The maximum atomic E-state index is 5.26. The van der Waals surface area contributed by atoms with Crippen LogP contribution in [0.4, 0.5) is 5.82 Å². The van der Waals surface area contributed by atoms with Gasteiger partial charge in [-0.25, -0.2) is 4.68 Å². The number of hydrogen-bond donors (Lipinski definition) is 2. The molecule has 5 heteroatoms. The van der Waals surface area contributed by atoms with Crippen LogP contribution in [0.25, 0.3) is 0 Å². The predicted octanol–water partition coefficient (Wildman–Crippen LogP) is 3.23. The summed E-state index contributed by atoms with van der Waals surface area (Å²) < 4.78 is 7.35. The first-order valence-electron chi connectivity index (χ1n) is 8.72. The van der Waals surface area contributed by atoms with Gasteiger partial charge in [0.1, 0.15) is 11.6 Å². The number of fused-ring (bicyclic) bond motifs is 1. The summed E-state index contributed by atoms with van der Waals surface area (Å²) in [4.78, 5) is 0. The van der Waals surface area contributed by atoms with Crippen LogP contribution in [0, 0.1) is 18.8 Å². The Hall–Kier alpha value is -2.01. The second kappa shape index (κ2) is 7.26. The predicted molar refractivity (Wildman–Crippen MR) is 97.5 cm³/mol. The Morgan fingerprint density at radius 2 is 2.08 bits per heavy atom. The first kappa shape index (κ1) is 16.8. The van der Waals surface area contributed by atoms with Crippen molar-refractivity contribution in [1.29, 1.82) is 0 Å². The number of nitrogens with zero attached hydrogens (tertiary/aromatic N) is 2. The molecule has 2 heterocycles. The molecular weight excluding hydrogens is 300 g/mol. The van der Waals surface area contributed by atoms with Gasteiger partial charge < -0.3 is 15.4 Å². The Morgan fingerprint density at radius 1 is 1.33 bits per heavy atom. The molecule has 0 saturated carbocycles. The Labute approximate surface area is 144 Å². The van der Waals surface area contributed by atoms with E-state index in [2.05, 4.69) is 52.5 Å². The molecule has 5 nitrogen and oxygen atoms in total. The van der Waals surface area contributed by atoms with Crippen molar-refractivity contribution in [2.45, 2.75) is 33.4 Å². The third-order valence-corrected chi connectivity index (χ3v) is 4.67. The number of benzene rings is 1. The minimum Gasteiger partial charge on any atom is -0.497 e. The highest BCUT2D eigenvalue weighted by atomic mass is 16.5. The van der Waals surface area contributed by atoms with Crippen molar-refractivity contribution in [2.24, 2.45) is 11.8 Å². The second-order valence-corrected chi connectivity index (χ2v) is 7.00. The van der Waals surface area contributed by atoms with Crippen LogP contribution in [0.15, 0.2) is 30.3 Å². The molecule has 0 fully saturated rings. The van der Waals surface area contributed by atoms with Crippen LogP contribution in [-0.4, -0.2) is 30.0 Å². The number of anilines is 1. The summed E-state index contributed by atoms with van der Waals surface area (Å²) in [5.41, 5.74) is 2.38. The maximum absolute atomic E-state index is 5.26. The molecule has 0 spiro atoms. The summed E-state index contributed by atoms with van der Waals surface area (Å²) in [6, 6.07) is 10.8. The molecule has 130 valence electrons. The van der Waals surface area contributed by atoms with Gasteiger partial charge in [-0.2, -0.15) is 5.10 Å². The number of ether oxygens (including phenoxy) is 1. The molecule has 2 atom stereocenters. The maximum Gasteiger partial charge on any atom is 0.124 e. The lowest BCUT2D eigenvalue weighted by Crippen LogP contribution is -2.38. The fourth-order valence-corrected chi connectivity index (χ4v) is 3.37. The van der Waals surface area contributed by atoms with E-state index in [1.165, 1.54) is 5.56 Å². The lowest BCUT2D eigenvalue weighted by molar-refractivity contribution is 0.337. The normalized spacial score (nSPS) is 18.1. The van der Waals surface area contributed by atoms with E-state index in [-0.39, 0.29) is 0 Å². The van der Waals surface area contributed by atoms with E-state index in [9.17, 15) is 0 Å². The largest absolute Gasteiger partial charge is 0.497 e. The van der Waals surface area contributed by atoms with E-state index in [0.717, 1.165) is 36.9 Å². The molecule has 2 aromatic rings. The molecule has 1 aromatic carbocycles. The van der Waals surface area contributed by atoms with Crippen molar-refractivity contribution >= 4 is 5.82 Å². The topological polar surface area (TPSA) is 51.1 Å². The second-order valence-electron chi connectivity index (χ2n) is 7.00. The first-order chi connectivity index (χ1) is 11.6. The van der Waals surface area contributed by atoms with Gasteiger partial charge in [0.15, 0.2) is 0 Å². The summed E-state index contributed by atoms with van der Waals surface area (Å²) in [6.07, 6.45) is 0. The van der Waals surface area contributed by atoms with Crippen LogP contribution in [0.1, 0.15) is 31.1 Å². The smallest absolute Gasteiger partial charge is 0.124 e. The summed E-state index contributed by atoms with van der Waals surface area (Å²) in [7, 11) is 1.70. The molecule has 0 amide bonds. The van der Waals surface area contributed by atoms with Gasteiger partial charge in [0.05, 0.1) is 12.8 Å². The molecule has 0 bridgehead atoms. The Kier molecular flexibility index (Phi) is 5.09. The number of aromatic nitrogens is 2. The summed E-state index contributed by atoms with van der Waals surface area (Å²) in [5, 5.41) is 11.8. The van der Waals surface area contributed by atoms with E-state index in [4.69, 9.17) is 4.74 Å². The molecule has 3 rings (SSSR count). The molecule has 1 aliphatic rings. The third kappa shape index (κ3) is 3.73. The molecule has 0 saturated heterocycles. The van der Waals surface area contributed by atoms with Crippen molar-refractivity contribution in [1.82, 2.24) is 15.1 Å². The summed E-state index contributed by atoms with van der Waals surface area (Å²) >= 11 is 0. The van der Waals surface area contributed by atoms with E-state index in [0.29, 0.717) is 17.9 Å². The van der Waals surface area contributed by atoms with Gasteiger partial charge in [0.25, 0.3) is 0 Å². The standard InChI is InChI=1S/C19H28N4O/c1-13(2)19(16-5-7-17(24-4)8-6-16)21-11-15-10-20-18-9-14(3)22-23(18)12-15/h5-9,13,15,19-21H,10-12H2,1-4H3/t15-,19+/m1/s1. The van der Waals surface area contributed by atoms with Gasteiger partial charge in [-0.3, -0.25) is 0 Å².